The fourth-order valence-corrected chi connectivity index (χ4v) is 2.13. The largest absolute Gasteiger partial charge is 0.352 e. The molecule has 0 aromatic heterocycles. The fraction of sp³-hybridized carbons (Fsp3) is 0.222. The van der Waals surface area contributed by atoms with Crippen LogP contribution in [-0.2, 0) is 4.79 Å². The van der Waals surface area contributed by atoms with Gasteiger partial charge in [-0.15, -0.1) is 0 Å². The molecule has 0 fully saturated rings. The molecule has 120 valence electrons. The average Bonchev–Trinajstić information content (AvgIpc) is 2.53. The van der Waals surface area contributed by atoms with Crippen LogP contribution in [0.3, 0.4) is 0 Å². The van der Waals surface area contributed by atoms with Crippen LogP contribution >= 0.6 is 0 Å². The zero-order valence-electron chi connectivity index (χ0n) is 13.2. The number of hydrogen-bond donors (Lipinski definition) is 3. The van der Waals surface area contributed by atoms with Crippen molar-refractivity contribution in [2.75, 3.05) is 5.32 Å². The number of urea groups is 1. The van der Waals surface area contributed by atoms with Crippen molar-refractivity contribution in [2.45, 2.75) is 25.9 Å². The van der Waals surface area contributed by atoms with Crippen molar-refractivity contribution in [3.05, 3.63) is 66.2 Å². The second kappa shape index (κ2) is 7.98. The molecular weight excluding hydrogens is 290 g/mol. The summed E-state index contributed by atoms with van der Waals surface area (Å²) >= 11 is 0. The SMILES string of the molecule is CC(C)NC(=O)[C@@H](NC(=O)Nc1ccccc1)c1ccccc1. The molecule has 5 nitrogen and oxygen atoms in total. The number of nitrogens with one attached hydrogen (secondary N) is 3. The van der Waals surface area contributed by atoms with Crippen molar-refractivity contribution in [3.63, 3.8) is 0 Å². The van der Waals surface area contributed by atoms with Crippen molar-refractivity contribution < 1.29 is 9.59 Å². The van der Waals surface area contributed by atoms with Gasteiger partial charge in [-0.1, -0.05) is 48.5 Å². The molecule has 0 saturated carbocycles. The number of benzene rings is 2. The number of para-hydroxylation sites is 1. The maximum absolute atomic E-state index is 12.4. The molecular formula is C18H21N3O2. The van der Waals surface area contributed by atoms with E-state index in [-0.39, 0.29) is 11.9 Å². The molecule has 0 saturated heterocycles. The van der Waals surface area contributed by atoms with Gasteiger partial charge in [-0.3, -0.25) is 4.79 Å². The quantitative estimate of drug-likeness (QED) is 0.794. The van der Waals surface area contributed by atoms with Crippen molar-refractivity contribution >= 4 is 17.6 Å². The second-order valence-electron chi connectivity index (χ2n) is 5.47. The Morgan fingerprint density at radius 3 is 1.96 bits per heavy atom. The minimum absolute atomic E-state index is 0.00676. The van der Waals surface area contributed by atoms with Crippen LogP contribution < -0.4 is 16.0 Å². The number of anilines is 1. The van der Waals surface area contributed by atoms with E-state index in [1.54, 1.807) is 12.1 Å². The predicted octanol–water partition coefficient (Wildman–Crippen LogP) is 3.07. The molecule has 0 bridgehead atoms. The predicted molar refractivity (Wildman–Crippen MR) is 91.1 cm³/mol. The van der Waals surface area contributed by atoms with Gasteiger partial charge in [0.1, 0.15) is 6.04 Å². The Balaban J connectivity index is 2.11. The lowest BCUT2D eigenvalue weighted by Crippen LogP contribution is -2.44. The molecule has 0 aliphatic heterocycles. The molecule has 2 aromatic rings. The maximum atomic E-state index is 12.4. The molecule has 2 rings (SSSR count). The number of hydrogen-bond acceptors (Lipinski definition) is 2. The molecule has 0 aliphatic carbocycles. The fourth-order valence-electron chi connectivity index (χ4n) is 2.13. The maximum Gasteiger partial charge on any atom is 0.320 e. The summed E-state index contributed by atoms with van der Waals surface area (Å²) in [5.74, 6) is -0.241. The van der Waals surface area contributed by atoms with E-state index in [1.807, 2.05) is 62.4 Å². The van der Waals surface area contributed by atoms with Crippen molar-refractivity contribution in [1.82, 2.24) is 10.6 Å². The molecule has 23 heavy (non-hydrogen) atoms. The Bertz CT molecular complexity index is 642. The molecule has 1 atom stereocenters. The third kappa shape index (κ3) is 5.14. The van der Waals surface area contributed by atoms with Crippen LogP contribution in [0.15, 0.2) is 60.7 Å². The molecule has 0 unspecified atom stereocenters. The highest BCUT2D eigenvalue weighted by Crippen LogP contribution is 2.14. The highest BCUT2D eigenvalue weighted by Gasteiger charge is 2.23. The van der Waals surface area contributed by atoms with E-state index in [0.717, 1.165) is 5.56 Å². The molecule has 0 aliphatic rings. The van der Waals surface area contributed by atoms with Crippen molar-refractivity contribution in [1.29, 1.82) is 0 Å². The van der Waals surface area contributed by atoms with Gasteiger partial charge in [0.2, 0.25) is 5.91 Å². The van der Waals surface area contributed by atoms with Crippen LogP contribution in [0.1, 0.15) is 25.5 Å². The summed E-state index contributed by atoms with van der Waals surface area (Å²) in [5.41, 5.74) is 1.40. The lowest BCUT2D eigenvalue weighted by atomic mass is 10.1. The van der Waals surface area contributed by atoms with Gasteiger partial charge < -0.3 is 16.0 Å². The van der Waals surface area contributed by atoms with E-state index in [4.69, 9.17) is 0 Å². The van der Waals surface area contributed by atoms with E-state index >= 15 is 0 Å². The summed E-state index contributed by atoms with van der Waals surface area (Å²) in [6, 6.07) is 17.1. The van der Waals surface area contributed by atoms with Crippen LogP contribution in [0.2, 0.25) is 0 Å². The monoisotopic (exact) mass is 311 g/mol. The molecule has 0 heterocycles. The third-order valence-electron chi connectivity index (χ3n) is 3.13. The zero-order valence-corrected chi connectivity index (χ0v) is 13.2. The Morgan fingerprint density at radius 2 is 1.39 bits per heavy atom. The van der Waals surface area contributed by atoms with Crippen LogP contribution in [0.25, 0.3) is 0 Å². The Labute approximate surface area is 136 Å². The molecule has 3 amide bonds. The molecule has 0 spiro atoms. The van der Waals surface area contributed by atoms with Gasteiger partial charge in [0.05, 0.1) is 0 Å². The highest BCUT2D eigenvalue weighted by atomic mass is 16.2. The summed E-state index contributed by atoms with van der Waals surface area (Å²) in [6.07, 6.45) is 0. The zero-order chi connectivity index (χ0) is 16.7. The van der Waals surface area contributed by atoms with E-state index in [9.17, 15) is 9.59 Å². The lowest BCUT2D eigenvalue weighted by molar-refractivity contribution is -0.123. The van der Waals surface area contributed by atoms with E-state index < -0.39 is 12.1 Å². The van der Waals surface area contributed by atoms with Gasteiger partial charge >= 0.3 is 6.03 Å². The van der Waals surface area contributed by atoms with Crippen molar-refractivity contribution in [3.8, 4) is 0 Å². The van der Waals surface area contributed by atoms with Gasteiger partial charge in [0, 0.05) is 11.7 Å². The van der Waals surface area contributed by atoms with Crippen LogP contribution in [0.4, 0.5) is 10.5 Å². The van der Waals surface area contributed by atoms with Crippen LogP contribution in [-0.4, -0.2) is 18.0 Å². The summed E-state index contributed by atoms with van der Waals surface area (Å²) in [4.78, 5) is 24.6. The summed E-state index contributed by atoms with van der Waals surface area (Å²) in [7, 11) is 0. The average molecular weight is 311 g/mol. The minimum atomic E-state index is -0.748. The molecule has 5 heteroatoms. The molecule has 3 N–H and O–H groups in total. The Kier molecular flexibility index (Phi) is 5.74. The Hall–Kier alpha value is -2.82. The van der Waals surface area contributed by atoms with Gasteiger partial charge in [-0.05, 0) is 31.5 Å². The third-order valence-corrected chi connectivity index (χ3v) is 3.13. The summed E-state index contributed by atoms with van der Waals surface area (Å²) in [5, 5.41) is 8.27. The first kappa shape index (κ1) is 16.5. The van der Waals surface area contributed by atoms with Crippen molar-refractivity contribution in [2.24, 2.45) is 0 Å². The van der Waals surface area contributed by atoms with Crippen LogP contribution in [0.5, 0.6) is 0 Å². The lowest BCUT2D eigenvalue weighted by Gasteiger charge is -2.20. The Morgan fingerprint density at radius 1 is 0.826 bits per heavy atom. The van der Waals surface area contributed by atoms with E-state index in [2.05, 4.69) is 16.0 Å². The van der Waals surface area contributed by atoms with E-state index in [0.29, 0.717) is 5.69 Å². The first-order valence-electron chi connectivity index (χ1n) is 7.54. The van der Waals surface area contributed by atoms with Crippen LogP contribution in [0, 0.1) is 0 Å². The minimum Gasteiger partial charge on any atom is -0.352 e. The topological polar surface area (TPSA) is 70.2 Å². The van der Waals surface area contributed by atoms with Gasteiger partial charge in [-0.2, -0.15) is 0 Å². The molecule has 2 aromatic carbocycles. The van der Waals surface area contributed by atoms with Gasteiger partial charge in [-0.25, -0.2) is 4.79 Å². The summed E-state index contributed by atoms with van der Waals surface area (Å²) < 4.78 is 0. The second-order valence-corrected chi connectivity index (χ2v) is 5.47. The molecule has 0 radical (unpaired) electrons. The number of carbonyl (C=O) groups excluding carboxylic acids is 2. The standard InChI is InChI=1S/C18H21N3O2/c1-13(2)19-17(22)16(14-9-5-3-6-10-14)21-18(23)20-15-11-7-4-8-12-15/h3-13,16H,1-2H3,(H,19,22)(H2,20,21,23)/t16-/m0/s1. The number of carbonyl (C=O) groups is 2. The summed E-state index contributed by atoms with van der Waals surface area (Å²) in [6.45, 7) is 3.76. The first-order chi connectivity index (χ1) is 11.1. The van der Waals surface area contributed by atoms with Gasteiger partial charge in [0.15, 0.2) is 0 Å². The first-order valence-corrected chi connectivity index (χ1v) is 7.54. The van der Waals surface area contributed by atoms with E-state index in [1.165, 1.54) is 0 Å². The van der Waals surface area contributed by atoms with Gasteiger partial charge in [0.25, 0.3) is 0 Å². The number of rotatable bonds is 5. The normalized spacial score (nSPS) is 11.6. The smallest absolute Gasteiger partial charge is 0.320 e. The highest BCUT2D eigenvalue weighted by molar-refractivity contribution is 5.94. The number of amides is 3.